The van der Waals surface area contributed by atoms with Crippen molar-refractivity contribution >= 4 is 17.4 Å². The van der Waals surface area contributed by atoms with Crippen LogP contribution in [-0.2, 0) is 4.79 Å². The normalized spacial score (nSPS) is 4.75. The van der Waals surface area contributed by atoms with Crippen molar-refractivity contribution in [3.63, 3.8) is 0 Å². The minimum Gasteiger partial charge on any atom is -0.400 e. The molecule has 0 heterocycles. The summed E-state index contributed by atoms with van der Waals surface area (Å²) in [5.41, 5.74) is 0. The summed E-state index contributed by atoms with van der Waals surface area (Å²) in [6, 6.07) is 0. The quantitative estimate of drug-likeness (QED) is 0.511. The topological polar surface area (TPSA) is 37.3 Å². The van der Waals surface area contributed by atoms with Crippen LogP contribution in [0.15, 0.2) is 0 Å². The smallest absolute Gasteiger partial charge is 0.126 e. The Balaban J connectivity index is -0.0000000542. The molecule has 8 heavy (non-hydrogen) atoms. The zero-order chi connectivity index (χ0) is 7.58. The van der Waals surface area contributed by atoms with Crippen LogP contribution < -0.4 is 0 Å². The van der Waals surface area contributed by atoms with Crippen LogP contribution in [0.5, 0.6) is 0 Å². The van der Waals surface area contributed by atoms with Gasteiger partial charge in [0.1, 0.15) is 5.78 Å². The molecule has 0 rings (SSSR count). The molecule has 0 unspecified atom stereocenters. The minimum absolute atomic E-state index is 0.167. The van der Waals surface area contributed by atoms with Gasteiger partial charge in [0.2, 0.25) is 0 Å². The highest BCUT2D eigenvalue weighted by Gasteiger charge is 1.62. The van der Waals surface area contributed by atoms with Crippen molar-refractivity contribution in [3.05, 3.63) is 0 Å². The molecule has 3 heteroatoms. The molecule has 0 fully saturated rings. The molecule has 0 spiro atoms. The van der Waals surface area contributed by atoms with Gasteiger partial charge in [-0.1, -0.05) is 0 Å². The van der Waals surface area contributed by atoms with E-state index in [4.69, 9.17) is 5.11 Å². The van der Waals surface area contributed by atoms with Gasteiger partial charge in [-0.05, 0) is 13.8 Å². The molecular formula is C5H13ClO2. The maximum Gasteiger partial charge on any atom is 0.126 e. The van der Waals surface area contributed by atoms with E-state index in [1.807, 2.05) is 0 Å². The third kappa shape index (κ3) is 22400. The number of aliphatic hydroxyl groups excluding tert-OH is 1. The number of carbonyl (C=O) groups is 1. The van der Waals surface area contributed by atoms with Crippen LogP contribution >= 0.6 is 11.6 Å². The van der Waals surface area contributed by atoms with E-state index >= 15 is 0 Å². The lowest BCUT2D eigenvalue weighted by atomic mass is 10.6. The summed E-state index contributed by atoms with van der Waals surface area (Å²) >= 11 is 4.64. The molecule has 0 aromatic rings. The highest BCUT2D eigenvalue weighted by Crippen LogP contribution is 1.50. The lowest BCUT2D eigenvalue weighted by Crippen LogP contribution is -1.69. The molecule has 0 aliphatic carbocycles. The zero-order valence-electron chi connectivity index (χ0n) is 5.73. The Labute approximate surface area is 55.5 Å². The summed E-state index contributed by atoms with van der Waals surface area (Å²) in [5.74, 6) is 0.167. The summed E-state index contributed by atoms with van der Waals surface area (Å²) in [6.07, 6.45) is 1.47. The van der Waals surface area contributed by atoms with E-state index in [1.54, 1.807) is 0 Å². The summed E-state index contributed by atoms with van der Waals surface area (Å²) in [7, 11) is 1.00. The van der Waals surface area contributed by atoms with Crippen LogP contribution in [0.25, 0.3) is 0 Å². The number of alkyl halides is 1. The Morgan fingerprint density at radius 3 is 1.25 bits per heavy atom. The van der Waals surface area contributed by atoms with Crippen molar-refractivity contribution in [1.82, 2.24) is 0 Å². The van der Waals surface area contributed by atoms with Crippen molar-refractivity contribution in [2.24, 2.45) is 0 Å². The van der Waals surface area contributed by atoms with E-state index in [1.165, 1.54) is 20.2 Å². The Morgan fingerprint density at radius 2 is 1.25 bits per heavy atom. The molecule has 0 radical (unpaired) electrons. The molecule has 0 aromatic carbocycles. The van der Waals surface area contributed by atoms with E-state index in [9.17, 15) is 4.79 Å². The number of rotatable bonds is 0. The Hall–Kier alpha value is -0.0800. The molecule has 0 saturated carbocycles. The monoisotopic (exact) mass is 140 g/mol. The summed E-state index contributed by atoms with van der Waals surface area (Å²) in [6.45, 7) is 3.06. The largest absolute Gasteiger partial charge is 0.400 e. The lowest BCUT2D eigenvalue weighted by molar-refractivity contribution is -0.114. The van der Waals surface area contributed by atoms with Crippen LogP contribution in [0.1, 0.15) is 13.8 Å². The van der Waals surface area contributed by atoms with Crippen LogP contribution in [0.2, 0.25) is 0 Å². The fourth-order valence-electron chi connectivity index (χ4n) is 0. The number of carbonyl (C=O) groups excluding carboxylic acids is 1. The number of hydrogen-bond acceptors (Lipinski definition) is 2. The third-order valence-electron chi connectivity index (χ3n) is 0. The van der Waals surface area contributed by atoms with E-state index in [0.717, 1.165) is 7.11 Å². The first-order valence-corrected chi connectivity index (χ1v) is 2.79. The van der Waals surface area contributed by atoms with Gasteiger partial charge in [0.15, 0.2) is 0 Å². The van der Waals surface area contributed by atoms with Crippen LogP contribution in [-0.4, -0.2) is 24.4 Å². The zero-order valence-corrected chi connectivity index (χ0v) is 6.49. The maximum atomic E-state index is 9.44. The first-order chi connectivity index (χ1) is 3.73. The van der Waals surface area contributed by atoms with Crippen molar-refractivity contribution < 1.29 is 9.90 Å². The third-order valence-corrected chi connectivity index (χ3v) is 0. The van der Waals surface area contributed by atoms with Gasteiger partial charge in [-0.15, -0.1) is 11.6 Å². The number of halogens is 1. The lowest BCUT2D eigenvalue weighted by Gasteiger charge is -1.56. The summed E-state index contributed by atoms with van der Waals surface area (Å²) in [5, 5.41) is 7.00. The molecule has 1 N–H and O–H groups in total. The second-order valence-corrected chi connectivity index (χ2v) is 0.908. The van der Waals surface area contributed by atoms with Crippen LogP contribution in [0.4, 0.5) is 0 Å². The second kappa shape index (κ2) is 28.4. The Bertz CT molecular complexity index is 33.4. The first-order valence-electron chi connectivity index (χ1n) is 2.03. The molecular weight excluding hydrogens is 128 g/mol. The van der Waals surface area contributed by atoms with Gasteiger partial charge in [-0.25, -0.2) is 0 Å². The molecule has 0 amide bonds. The highest BCUT2D eigenvalue weighted by molar-refractivity contribution is 6.15. The maximum absolute atomic E-state index is 9.44. The van der Waals surface area contributed by atoms with Crippen molar-refractivity contribution in [3.8, 4) is 0 Å². The Morgan fingerprint density at radius 1 is 1.25 bits per heavy atom. The van der Waals surface area contributed by atoms with Gasteiger partial charge < -0.3 is 9.90 Å². The van der Waals surface area contributed by atoms with Gasteiger partial charge in [0.25, 0.3) is 0 Å². The molecule has 52 valence electrons. The molecule has 0 aromatic heterocycles. The molecule has 0 aliphatic heterocycles. The van der Waals surface area contributed by atoms with E-state index in [-0.39, 0.29) is 5.78 Å². The van der Waals surface area contributed by atoms with Gasteiger partial charge in [0.05, 0.1) is 0 Å². The number of aliphatic hydroxyl groups is 1. The second-order valence-electron chi connectivity index (χ2n) is 0.908. The van der Waals surface area contributed by atoms with Gasteiger partial charge >= 0.3 is 0 Å². The van der Waals surface area contributed by atoms with Gasteiger partial charge in [0, 0.05) is 13.5 Å². The molecule has 0 bridgehead atoms. The van der Waals surface area contributed by atoms with Crippen molar-refractivity contribution in [2.75, 3.05) is 13.5 Å². The number of hydrogen-bond donors (Lipinski definition) is 1. The molecule has 0 atom stereocenters. The highest BCUT2D eigenvalue weighted by atomic mass is 35.5. The summed E-state index contributed by atoms with van der Waals surface area (Å²) < 4.78 is 0. The Kier molecular flexibility index (Phi) is 55.7. The molecule has 2 nitrogen and oxygen atoms in total. The number of Topliss-reactive ketones (excluding diaryl/α,β-unsaturated/α-hetero) is 1. The van der Waals surface area contributed by atoms with Crippen LogP contribution in [0, 0.1) is 0 Å². The SMILES string of the molecule is CC(C)=O.CCl.CO. The molecule has 0 saturated heterocycles. The summed E-state index contributed by atoms with van der Waals surface area (Å²) in [4.78, 5) is 9.44. The standard InChI is InChI=1S/C3H6O.CH3Cl.CH4O/c1-3(2)4;2*1-2/h1-2H3;1H3;2H,1H3. The minimum atomic E-state index is 0.167. The van der Waals surface area contributed by atoms with Gasteiger partial charge in [-0.2, -0.15) is 0 Å². The van der Waals surface area contributed by atoms with Crippen LogP contribution in [0.3, 0.4) is 0 Å². The van der Waals surface area contributed by atoms with Crippen molar-refractivity contribution in [2.45, 2.75) is 13.8 Å². The average molecular weight is 141 g/mol. The predicted molar refractivity (Wildman–Crippen MR) is 36.3 cm³/mol. The molecule has 0 aliphatic rings. The first kappa shape index (κ1) is 15.7. The number of ketones is 1. The fraction of sp³-hybridized carbons (Fsp3) is 0.800. The predicted octanol–water partition coefficient (Wildman–Crippen LogP) is 1.06. The van der Waals surface area contributed by atoms with E-state index < -0.39 is 0 Å². The van der Waals surface area contributed by atoms with Gasteiger partial charge in [-0.3, -0.25) is 0 Å². The van der Waals surface area contributed by atoms with Crippen molar-refractivity contribution in [1.29, 1.82) is 0 Å². The van der Waals surface area contributed by atoms with E-state index in [2.05, 4.69) is 11.6 Å². The fourth-order valence-corrected chi connectivity index (χ4v) is 0. The van der Waals surface area contributed by atoms with E-state index in [0.29, 0.717) is 0 Å². The average Bonchev–Trinajstić information content (AvgIpc) is 1.75.